The van der Waals surface area contributed by atoms with Crippen LogP contribution in [-0.2, 0) is 0 Å². The maximum Gasteiger partial charge on any atom is -0.0176 e. The molecule has 0 radical (unpaired) electrons. The zero-order valence-corrected chi connectivity index (χ0v) is 6.17. The molecule has 2 aliphatic rings. The summed E-state index contributed by atoms with van der Waals surface area (Å²) in [5.41, 5.74) is 0. The minimum Gasteiger partial charge on any atom is -0.0848 e. The van der Waals surface area contributed by atoms with E-state index in [1.165, 1.54) is 6.42 Å². The highest BCUT2D eigenvalue weighted by Crippen LogP contribution is 2.47. The van der Waals surface area contributed by atoms with E-state index in [9.17, 15) is 0 Å². The van der Waals surface area contributed by atoms with Crippen molar-refractivity contribution in [1.82, 2.24) is 0 Å². The predicted octanol–water partition coefficient (Wildman–Crippen LogP) is 2.46. The van der Waals surface area contributed by atoms with E-state index in [0.29, 0.717) is 0 Å². The van der Waals surface area contributed by atoms with Gasteiger partial charge in [-0.2, -0.15) is 0 Å². The summed E-state index contributed by atoms with van der Waals surface area (Å²) in [6.07, 6.45) is 6.28. The maximum absolute atomic E-state index is 2.42. The third kappa shape index (κ3) is 0.593. The molecule has 0 aromatic carbocycles. The number of allylic oxidation sites excluding steroid dienone is 2. The van der Waals surface area contributed by atoms with Crippen LogP contribution in [0.15, 0.2) is 12.2 Å². The smallest absolute Gasteiger partial charge is 0.0176 e. The Morgan fingerprint density at radius 2 is 2.00 bits per heavy atom. The van der Waals surface area contributed by atoms with E-state index >= 15 is 0 Å². The van der Waals surface area contributed by atoms with E-state index in [0.717, 1.165) is 23.7 Å². The van der Waals surface area contributed by atoms with Crippen LogP contribution in [0.1, 0.15) is 20.3 Å². The number of fused-ring (bicyclic) bond motifs is 2. The summed E-state index contributed by atoms with van der Waals surface area (Å²) >= 11 is 0. The van der Waals surface area contributed by atoms with Gasteiger partial charge in [-0.1, -0.05) is 26.0 Å². The number of rotatable bonds is 0. The molecule has 50 valence electrons. The molecule has 1 saturated carbocycles. The van der Waals surface area contributed by atoms with Crippen LogP contribution >= 0.6 is 0 Å². The monoisotopic (exact) mass is 122 g/mol. The quantitative estimate of drug-likeness (QED) is 0.433. The first-order valence-electron chi connectivity index (χ1n) is 3.97. The van der Waals surface area contributed by atoms with Gasteiger partial charge in [-0.25, -0.2) is 0 Å². The molecule has 0 nitrogen and oxygen atoms in total. The molecule has 0 N–H and O–H groups in total. The van der Waals surface area contributed by atoms with Gasteiger partial charge >= 0.3 is 0 Å². The minimum absolute atomic E-state index is 0.926. The lowest BCUT2D eigenvalue weighted by atomic mass is 9.94. The maximum atomic E-state index is 2.42. The topological polar surface area (TPSA) is 0 Å². The largest absolute Gasteiger partial charge is 0.0848 e. The summed E-state index contributed by atoms with van der Waals surface area (Å²) in [6.45, 7) is 4.77. The van der Waals surface area contributed by atoms with Crippen molar-refractivity contribution in [1.29, 1.82) is 0 Å². The van der Waals surface area contributed by atoms with Crippen LogP contribution in [0.25, 0.3) is 0 Å². The fourth-order valence-electron chi connectivity index (χ4n) is 2.49. The summed E-state index contributed by atoms with van der Waals surface area (Å²) < 4.78 is 0. The minimum atomic E-state index is 0.926. The van der Waals surface area contributed by atoms with Gasteiger partial charge in [0.15, 0.2) is 0 Å². The average molecular weight is 122 g/mol. The molecule has 4 unspecified atom stereocenters. The third-order valence-electron chi connectivity index (χ3n) is 3.16. The van der Waals surface area contributed by atoms with E-state index in [2.05, 4.69) is 26.0 Å². The fourth-order valence-corrected chi connectivity index (χ4v) is 2.49. The van der Waals surface area contributed by atoms with E-state index < -0.39 is 0 Å². The highest BCUT2D eigenvalue weighted by Gasteiger charge is 2.39. The fraction of sp³-hybridized carbons (Fsp3) is 0.778. The molecule has 0 spiro atoms. The van der Waals surface area contributed by atoms with E-state index in [1.54, 1.807) is 0 Å². The van der Waals surface area contributed by atoms with Gasteiger partial charge in [0, 0.05) is 0 Å². The van der Waals surface area contributed by atoms with Crippen molar-refractivity contribution in [3.63, 3.8) is 0 Å². The van der Waals surface area contributed by atoms with Crippen molar-refractivity contribution in [2.45, 2.75) is 20.3 Å². The summed E-state index contributed by atoms with van der Waals surface area (Å²) in [7, 11) is 0. The Labute approximate surface area is 57.0 Å². The van der Waals surface area contributed by atoms with Gasteiger partial charge in [0.05, 0.1) is 0 Å². The van der Waals surface area contributed by atoms with Gasteiger partial charge in [-0.05, 0) is 30.1 Å². The molecular weight excluding hydrogens is 108 g/mol. The lowest BCUT2D eigenvalue weighted by Gasteiger charge is -2.11. The lowest BCUT2D eigenvalue weighted by molar-refractivity contribution is 0.430. The molecule has 2 aliphatic carbocycles. The van der Waals surface area contributed by atoms with E-state index in [-0.39, 0.29) is 0 Å². The van der Waals surface area contributed by atoms with Crippen LogP contribution in [0.5, 0.6) is 0 Å². The first-order chi connectivity index (χ1) is 4.29. The van der Waals surface area contributed by atoms with Crippen LogP contribution in [-0.4, -0.2) is 0 Å². The molecule has 2 bridgehead atoms. The van der Waals surface area contributed by atoms with Crippen molar-refractivity contribution >= 4 is 0 Å². The second-order valence-corrected chi connectivity index (χ2v) is 3.70. The van der Waals surface area contributed by atoms with Crippen molar-refractivity contribution in [3.8, 4) is 0 Å². The molecule has 0 saturated heterocycles. The van der Waals surface area contributed by atoms with Crippen LogP contribution in [0.2, 0.25) is 0 Å². The van der Waals surface area contributed by atoms with Gasteiger partial charge in [-0.15, -0.1) is 0 Å². The Hall–Kier alpha value is -0.260. The molecule has 0 aromatic rings. The van der Waals surface area contributed by atoms with Crippen molar-refractivity contribution < 1.29 is 0 Å². The molecule has 0 aliphatic heterocycles. The molecule has 0 heteroatoms. The zero-order valence-electron chi connectivity index (χ0n) is 6.17. The summed E-state index contributed by atoms with van der Waals surface area (Å²) in [6, 6.07) is 0. The second-order valence-electron chi connectivity index (χ2n) is 3.70. The third-order valence-corrected chi connectivity index (χ3v) is 3.16. The predicted molar refractivity (Wildman–Crippen MR) is 39.1 cm³/mol. The second kappa shape index (κ2) is 1.62. The van der Waals surface area contributed by atoms with Crippen LogP contribution < -0.4 is 0 Å². The van der Waals surface area contributed by atoms with Crippen molar-refractivity contribution in [3.05, 3.63) is 12.2 Å². The molecule has 0 amide bonds. The number of hydrogen-bond donors (Lipinski definition) is 0. The molecule has 0 heterocycles. The molecule has 0 aromatic heterocycles. The normalized spacial score (nSPS) is 54.9. The molecule has 4 atom stereocenters. The summed E-state index contributed by atoms with van der Waals surface area (Å²) in [5.74, 6) is 3.79. The number of hydrogen-bond acceptors (Lipinski definition) is 0. The molecular formula is C9H14. The first kappa shape index (κ1) is 5.52. The van der Waals surface area contributed by atoms with Crippen molar-refractivity contribution in [2.75, 3.05) is 0 Å². The Kier molecular flexibility index (Phi) is 0.992. The van der Waals surface area contributed by atoms with Gasteiger partial charge in [0.2, 0.25) is 0 Å². The zero-order chi connectivity index (χ0) is 6.43. The SMILES string of the molecule is CC1CC2C=CC1C2C. The lowest BCUT2D eigenvalue weighted by Crippen LogP contribution is -2.04. The van der Waals surface area contributed by atoms with Crippen LogP contribution in [0.4, 0.5) is 0 Å². The Morgan fingerprint density at radius 3 is 2.22 bits per heavy atom. The van der Waals surface area contributed by atoms with Gasteiger partial charge < -0.3 is 0 Å². The molecule has 1 fully saturated rings. The van der Waals surface area contributed by atoms with Gasteiger partial charge in [0.25, 0.3) is 0 Å². The summed E-state index contributed by atoms with van der Waals surface area (Å²) in [4.78, 5) is 0. The molecule has 2 rings (SSSR count). The van der Waals surface area contributed by atoms with Crippen molar-refractivity contribution in [2.24, 2.45) is 23.7 Å². The van der Waals surface area contributed by atoms with Crippen LogP contribution in [0, 0.1) is 23.7 Å². The standard InChI is InChI=1S/C9H14/c1-6-5-8-3-4-9(6)7(8)2/h3-4,6-9H,5H2,1-2H3. The highest BCUT2D eigenvalue weighted by molar-refractivity contribution is 5.12. The average Bonchev–Trinajstić information content (AvgIpc) is 2.25. The van der Waals surface area contributed by atoms with Crippen LogP contribution in [0.3, 0.4) is 0 Å². The van der Waals surface area contributed by atoms with Gasteiger partial charge in [0.1, 0.15) is 0 Å². The van der Waals surface area contributed by atoms with Gasteiger partial charge in [-0.3, -0.25) is 0 Å². The Morgan fingerprint density at radius 1 is 1.22 bits per heavy atom. The molecule has 9 heavy (non-hydrogen) atoms. The van der Waals surface area contributed by atoms with E-state index in [4.69, 9.17) is 0 Å². The highest BCUT2D eigenvalue weighted by atomic mass is 14.4. The Balaban J connectivity index is 2.26. The first-order valence-corrected chi connectivity index (χ1v) is 3.97. The summed E-state index contributed by atoms with van der Waals surface area (Å²) in [5, 5.41) is 0. The Bertz CT molecular complexity index is 146. The van der Waals surface area contributed by atoms with E-state index in [1.807, 2.05) is 0 Å².